The lowest BCUT2D eigenvalue weighted by Crippen LogP contribution is -2.12. The van der Waals surface area contributed by atoms with Crippen LogP contribution in [0, 0.1) is 12.3 Å². The van der Waals surface area contributed by atoms with Crippen LogP contribution in [-0.2, 0) is 0 Å². The van der Waals surface area contributed by atoms with Gasteiger partial charge < -0.3 is 5.73 Å². The third kappa shape index (κ3) is 2.18. The van der Waals surface area contributed by atoms with E-state index in [2.05, 4.69) is 15.9 Å². The second kappa shape index (κ2) is 4.73. The van der Waals surface area contributed by atoms with E-state index in [-0.39, 0.29) is 6.04 Å². The average molecular weight is 211 g/mol. The Hall–Kier alpha value is -1.92. The van der Waals surface area contributed by atoms with Crippen molar-refractivity contribution in [1.29, 1.82) is 0 Å². The molecule has 1 atom stereocenters. The number of nitrogens with zero attached hydrogens (tertiary/aromatic N) is 2. The van der Waals surface area contributed by atoms with Gasteiger partial charge in [0.15, 0.2) is 0 Å². The fourth-order valence-corrected chi connectivity index (χ4v) is 1.54. The first kappa shape index (κ1) is 10.6. The number of para-hydroxylation sites is 2. The zero-order valence-corrected chi connectivity index (χ0v) is 8.93. The second-order valence-corrected chi connectivity index (χ2v) is 3.63. The van der Waals surface area contributed by atoms with Crippen LogP contribution in [0.5, 0.6) is 0 Å². The average Bonchev–Trinajstić information content (AvgIpc) is 2.35. The molecule has 1 heterocycles. The minimum Gasteiger partial charge on any atom is -0.323 e. The van der Waals surface area contributed by atoms with Crippen LogP contribution in [0.15, 0.2) is 30.5 Å². The molecule has 1 aromatic carbocycles. The molecule has 0 aliphatic rings. The van der Waals surface area contributed by atoms with Gasteiger partial charge in [0.05, 0.1) is 22.9 Å². The van der Waals surface area contributed by atoms with Gasteiger partial charge in [-0.2, -0.15) is 0 Å². The zero-order chi connectivity index (χ0) is 11.4. The third-order valence-corrected chi connectivity index (χ3v) is 2.45. The van der Waals surface area contributed by atoms with E-state index in [1.54, 1.807) is 6.20 Å². The van der Waals surface area contributed by atoms with Crippen molar-refractivity contribution < 1.29 is 0 Å². The van der Waals surface area contributed by atoms with Crippen molar-refractivity contribution in [2.24, 2.45) is 5.73 Å². The lowest BCUT2D eigenvalue weighted by molar-refractivity contribution is 0.648. The van der Waals surface area contributed by atoms with Gasteiger partial charge in [0.1, 0.15) is 0 Å². The molecule has 0 aliphatic heterocycles. The molecule has 3 heteroatoms. The van der Waals surface area contributed by atoms with Crippen molar-refractivity contribution in [3.8, 4) is 12.3 Å². The molecule has 80 valence electrons. The number of nitrogens with two attached hydrogens (primary N) is 1. The van der Waals surface area contributed by atoms with Gasteiger partial charge in [0.2, 0.25) is 0 Å². The van der Waals surface area contributed by atoms with Crippen LogP contribution in [0.2, 0.25) is 0 Å². The number of benzene rings is 1. The van der Waals surface area contributed by atoms with Gasteiger partial charge in [0.25, 0.3) is 0 Å². The molecule has 2 aromatic rings. The largest absolute Gasteiger partial charge is 0.323 e. The van der Waals surface area contributed by atoms with E-state index >= 15 is 0 Å². The lowest BCUT2D eigenvalue weighted by atomic mass is 10.1. The van der Waals surface area contributed by atoms with Crippen molar-refractivity contribution in [1.82, 2.24) is 9.97 Å². The van der Waals surface area contributed by atoms with E-state index < -0.39 is 0 Å². The van der Waals surface area contributed by atoms with Crippen molar-refractivity contribution in [2.75, 3.05) is 0 Å². The summed E-state index contributed by atoms with van der Waals surface area (Å²) in [6.45, 7) is 0. The summed E-state index contributed by atoms with van der Waals surface area (Å²) in [6.07, 6.45) is 8.33. The van der Waals surface area contributed by atoms with Gasteiger partial charge in [-0.05, 0) is 18.6 Å². The molecule has 0 fully saturated rings. The number of hydrogen-bond donors (Lipinski definition) is 1. The highest BCUT2D eigenvalue weighted by Gasteiger charge is 2.07. The molecular formula is C13H13N3. The molecule has 2 rings (SSSR count). The molecule has 0 saturated heterocycles. The fourth-order valence-electron chi connectivity index (χ4n) is 1.54. The number of rotatable bonds is 3. The molecule has 1 unspecified atom stereocenters. The van der Waals surface area contributed by atoms with Crippen molar-refractivity contribution in [3.05, 3.63) is 36.2 Å². The first-order chi connectivity index (χ1) is 7.81. The highest BCUT2D eigenvalue weighted by molar-refractivity contribution is 5.73. The Labute approximate surface area is 94.7 Å². The number of fused-ring (bicyclic) bond motifs is 1. The standard InChI is InChI=1S/C13H13N3/c1-2-3-6-10(14)13-9-15-11-7-4-5-8-12(11)16-13/h1,4-5,7-10H,3,6,14H2. The smallest absolute Gasteiger partial charge is 0.0890 e. The Bertz CT molecular complexity index is 528. The monoisotopic (exact) mass is 211 g/mol. The third-order valence-electron chi connectivity index (χ3n) is 2.45. The van der Waals surface area contributed by atoms with E-state index in [1.807, 2.05) is 24.3 Å². The summed E-state index contributed by atoms with van der Waals surface area (Å²) in [5.74, 6) is 2.58. The first-order valence-electron chi connectivity index (χ1n) is 5.22. The van der Waals surface area contributed by atoms with E-state index in [9.17, 15) is 0 Å². The maximum absolute atomic E-state index is 5.97. The molecule has 0 spiro atoms. The summed E-state index contributed by atoms with van der Waals surface area (Å²) in [5, 5.41) is 0. The van der Waals surface area contributed by atoms with Gasteiger partial charge >= 0.3 is 0 Å². The predicted octanol–water partition coefficient (Wildman–Crippen LogP) is 2.04. The van der Waals surface area contributed by atoms with Crippen LogP contribution in [0.1, 0.15) is 24.6 Å². The minimum absolute atomic E-state index is 0.131. The van der Waals surface area contributed by atoms with E-state index in [1.165, 1.54) is 0 Å². The van der Waals surface area contributed by atoms with Crippen molar-refractivity contribution >= 4 is 11.0 Å². The van der Waals surface area contributed by atoms with E-state index in [4.69, 9.17) is 12.2 Å². The summed E-state index contributed by atoms with van der Waals surface area (Å²) < 4.78 is 0. The molecule has 0 amide bonds. The molecule has 0 bridgehead atoms. The zero-order valence-electron chi connectivity index (χ0n) is 8.93. The second-order valence-electron chi connectivity index (χ2n) is 3.63. The highest BCUT2D eigenvalue weighted by Crippen LogP contribution is 2.15. The van der Waals surface area contributed by atoms with E-state index in [0.29, 0.717) is 6.42 Å². The number of aromatic nitrogens is 2. The molecule has 0 saturated carbocycles. The van der Waals surface area contributed by atoms with Crippen LogP contribution in [0.3, 0.4) is 0 Å². The summed E-state index contributed by atoms with van der Waals surface area (Å²) in [5.41, 5.74) is 8.53. The Morgan fingerprint density at radius 3 is 2.81 bits per heavy atom. The van der Waals surface area contributed by atoms with Gasteiger partial charge in [-0.25, -0.2) is 4.98 Å². The van der Waals surface area contributed by atoms with Gasteiger partial charge in [-0.3, -0.25) is 4.98 Å². The number of terminal acetylenes is 1. The normalized spacial score (nSPS) is 12.2. The van der Waals surface area contributed by atoms with Crippen LogP contribution in [-0.4, -0.2) is 9.97 Å². The van der Waals surface area contributed by atoms with E-state index in [0.717, 1.165) is 23.1 Å². The SMILES string of the molecule is C#CCCC(N)c1cnc2ccccc2n1. The van der Waals surface area contributed by atoms with Gasteiger partial charge in [-0.1, -0.05) is 12.1 Å². The lowest BCUT2D eigenvalue weighted by Gasteiger charge is -2.09. The summed E-state index contributed by atoms with van der Waals surface area (Å²) in [4.78, 5) is 8.79. The Kier molecular flexibility index (Phi) is 3.13. The molecule has 1 aromatic heterocycles. The van der Waals surface area contributed by atoms with Gasteiger partial charge in [-0.15, -0.1) is 12.3 Å². The fraction of sp³-hybridized carbons (Fsp3) is 0.231. The molecule has 3 nitrogen and oxygen atoms in total. The summed E-state index contributed by atoms with van der Waals surface area (Å²) in [6, 6.07) is 7.61. The van der Waals surface area contributed by atoms with Crippen LogP contribution in [0.25, 0.3) is 11.0 Å². The molecule has 0 radical (unpaired) electrons. The van der Waals surface area contributed by atoms with Gasteiger partial charge in [0, 0.05) is 12.5 Å². The Morgan fingerprint density at radius 1 is 1.31 bits per heavy atom. The van der Waals surface area contributed by atoms with Crippen LogP contribution in [0.4, 0.5) is 0 Å². The molecule has 16 heavy (non-hydrogen) atoms. The van der Waals surface area contributed by atoms with Crippen LogP contribution < -0.4 is 5.73 Å². The molecule has 0 aliphatic carbocycles. The van der Waals surface area contributed by atoms with Crippen LogP contribution >= 0.6 is 0 Å². The highest BCUT2D eigenvalue weighted by atomic mass is 14.8. The minimum atomic E-state index is -0.131. The maximum atomic E-state index is 5.97. The molecular weight excluding hydrogens is 198 g/mol. The predicted molar refractivity (Wildman–Crippen MR) is 64.5 cm³/mol. The maximum Gasteiger partial charge on any atom is 0.0890 e. The Morgan fingerprint density at radius 2 is 2.06 bits per heavy atom. The number of hydrogen-bond acceptors (Lipinski definition) is 3. The Balaban J connectivity index is 2.29. The topological polar surface area (TPSA) is 51.8 Å². The molecule has 2 N–H and O–H groups in total. The first-order valence-corrected chi connectivity index (χ1v) is 5.22. The van der Waals surface area contributed by atoms with Crippen molar-refractivity contribution in [2.45, 2.75) is 18.9 Å². The van der Waals surface area contributed by atoms with Crippen molar-refractivity contribution in [3.63, 3.8) is 0 Å². The quantitative estimate of drug-likeness (QED) is 0.790. The summed E-state index contributed by atoms with van der Waals surface area (Å²) >= 11 is 0. The summed E-state index contributed by atoms with van der Waals surface area (Å²) in [7, 11) is 0.